The molecule has 1 aromatic heterocycles. The van der Waals surface area contributed by atoms with Crippen LogP contribution in [0.1, 0.15) is 6.92 Å². The molecule has 1 N–H and O–H groups in total. The normalized spacial score (nSPS) is 12.3. The number of hydrogen-bond acceptors (Lipinski definition) is 4. The molecule has 1 aromatic carbocycles. The zero-order chi connectivity index (χ0) is 14.5. The number of amides is 1. The number of nitrogens with zero attached hydrogens (tertiary/aromatic N) is 1. The standard InChI is InChI=1S/C13H15ClN2O3S/c1-9(19-13(18)15-7-6-14)8-16-12(17)10-4-2-3-5-11(10)20-16/h2-5,9H,6-8H2,1H3,(H,15,18). The van der Waals surface area contributed by atoms with Gasteiger partial charge in [0.25, 0.3) is 5.56 Å². The van der Waals surface area contributed by atoms with Gasteiger partial charge in [-0.3, -0.25) is 8.75 Å². The maximum absolute atomic E-state index is 12.1. The van der Waals surface area contributed by atoms with Gasteiger partial charge in [0.05, 0.1) is 16.6 Å². The Bertz CT molecular complexity index is 652. The lowest BCUT2D eigenvalue weighted by molar-refractivity contribution is 0.0991. The summed E-state index contributed by atoms with van der Waals surface area (Å²) in [5.74, 6) is 0.333. The largest absolute Gasteiger partial charge is 0.445 e. The molecule has 20 heavy (non-hydrogen) atoms. The van der Waals surface area contributed by atoms with Gasteiger partial charge in [0.2, 0.25) is 0 Å². The molecule has 0 aliphatic heterocycles. The van der Waals surface area contributed by atoms with E-state index in [1.54, 1.807) is 16.9 Å². The quantitative estimate of drug-likeness (QED) is 0.862. The van der Waals surface area contributed by atoms with Crippen LogP contribution in [0.5, 0.6) is 0 Å². The van der Waals surface area contributed by atoms with E-state index in [1.807, 2.05) is 18.2 Å². The van der Waals surface area contributed by atoms with E-state index in [0.717, 1.165) is 4.70 Å². The third-order valence-electron chi connectivity index (χ3n) is 2.65. The van der Waals surface area contributed by atoms with Gasteiger partial charge in [0.1, 0.15) is 6.10 Å². The van der Waals surface area contributed by atoms with Crippen molar-refractivity contribution in [2.45, 2.75) is 19.6 Å². The maximum atomic E-state index is 12.1. The van der Waals surface area contributed by atoms with Crippen LogP contribution in [0.25, 0.3) is 10.1 Å². The molecule has 1 heterocycles. The molecule has 1 atom stereocenters. The molecule has 0 radical (unpaired) electrons. The molecule has 0 aliphatic carbocycles. The fourth-order valence-corrected chi connectivity index (χ4v) is 2.97. The van der Waals surface area contributed by atoms with Crippen LogP contribution in [0.4, 0.5) is 4.79 Å². The number of nitrogens with one attached hydrogen (secondary N) is 1. The van der Waals surface area contributed by atoms with Crippen LogP contribution in [0, 0.1) is 0 Å². The highest BCUT2D eigenvalue weighted by Gasteiger charge is 2.13. The van der Waals surface area contributed by atoms with Crippen LogP contribution in [0.3, 0.4) is 0 Å². The topological polar surface area (TPSA) is 60.3 Å². The summed E-state index contributed by atoms with van der Waals surface area (Å²) in [6.45, 7) is 2.44. The number of benzene rings is 1. The van der Waals surface area contributed by atoms with Crippen molar-refractivity contribution in [3.05, 3.63) is 34.6 Å². The molecule has 0 saturated heterocycles. The summed E-state index contributed by atoms with van der Waals surface area (Å²) in [5, 5.41) is 3.20. The van der Waals surface area contributed by atoms with Crippen molar-refractivity contribution >= 4 is 39.3 Å². The predicted molar refractivity (Wildman–Crippen MR) is 80.8 cm³/mol. The lowest BCUT2D eigenvalue weighted by Crippen LogP contribution is -2.32. The molecule has 5 nitrogen and oxygen atoms in total. The third-order valence-corrected chi connectivity index (χ3v) is 3.92. The first kappa shape index (κ1) is 14.9. The monoisotopic (exact) mass is 314 g/mol. The second-order valence-electron chi connectivity index (χ2n) is 4.29. The van der Waals surface area contributed by atoms with Gasteiger partial charge in [0, 0.05) is 12.4 Å². The Kier molecular flexibility index (Phi) is 5.03. The Balaban J connectivity index is 2.03. The molecule has 2 rings (SSSR count). The molecule has 1 amide bonds. The molecule has 0 fully saturated rings. The van der Waals surface area contributed by atoms with E-state index in [2.05, 4.69) is 5.32 Å². The van der Waals surface area contributed by atoms with Crippen LogP contribution >= 0.6 is 23.1 Å². The molecule has 0 spiro atoms. The fraction of sp³-hybridized carbons (Fsp3) is 0.385. The van der Waals surface area contributed by atoms with Crippen molar-refractivity contribution in [1.29, 1.82) is 0 Å². The minimum absolute atomic E-state index is 0.0535. The van der Waals surface area contributed by atoms with Crippen molar-refractivity contribution in [3.8, 4) is 0 Å². The van der Waals surface area contributed by atoms with Crippen LogP contribution < -0.4 is 10.9 Å². The van der Waals surface area contributed by atoms with Crippen LogP contribution in [0.15, 0.2) is 29.1 Å². The summed E-state index contributed by atoms with van der Waals surface area (Å²) in [6.07, 6.45) is -0.914. The predicted octanol–water partition coefficient (Wildman–Crippen LogP) is 2.42. The van der Waals surface area contributed by atoms with Gasteiger partial charge >= 0.3 is 6.09 Å². The molecule has 0 bridgehead atoms. The van der Waals surface area contributed by atoms with E-state index in [0.29, 0.717) is 24.4 Å². The van der Waals surface area contributed by atoms with Crippen molar-refractivity contribution < 1.29 is 9.53 Å². The maximum Gasteiger partial charge on any atom is 0.407 e. The second-order valence-corrected chi connectivity index (χ2v) is 5.73. The van der Waals surface area contributed by atoms with Crippen molar-refractivity contribution in [1.82, 2.24) is 9.27 Å². The molecular formula is C13H15ClN2O3S. The van der Waals surface area contributed by atoms with Gasteiger partial charge in [-0.1, -0.05) is 23.7 Å². The summed E-state index contributed by atoms with van der Waals surface area (Å²) < 4.78 is 7.67. The van der Waals surface area contributed by atoms with Crippen LogP contribution in [0.2, 0.25) is 0 Å². The van der Waals surface area contributed by atoms with Crippen molar-refractivity contribution in [2.24, 2.45) is 0 Å². The van der Waals surface area contributed by atoms with E-state index in [1.165, 1.54) is 11.5 Å². The van der Waals surface area contributed by atoms with Gasteiger partial charge in [-0.05, 0) is 19.1 Å². The number of alkyl halides is 1. The smallest absolute Gasteiger partial charge is 0.407 e. The molecule has 1 unspecified atom stereocenters. The lowest BCUT2D eigenvalue weighted by Gasteiger charge is -2.13. The van der Waals surface area contributed by atoms with Gasteiger partial charge in [0.15, 0.2) is 0 Å². The van der Waals surface area contributed by atoms with E-state index >= 15 is 0 Å². The zero-order valence-electron chi connectivity index (χ0n) is 11.0. The number of hydrogen-bond donors (Lipinski definition) is 1. The van der Waals surface area contributed by atoms with Gasteiger partial charge in [-0.25, -0.2) is 4.79 Å². The summed E-state index contributed by atoms with van der Waals surface area (Å²) in [6, 6.07) is 7.42. The van der Waals surface area contributed by atoms with Crippen LogP contribution in [-0.2, 0) is 11.3 Å². The van der Waals surface area contributed by atoms with E-state index in [-0.39, 0.29) is 5.56 Å². The minimum atomic E-state index is -0.521. The number of halogens is 1. The summed E-state index contributed by atoms with van der Waals surface area (Å²) in [4.78, 5) is 23.5. The first-order valence-electron chi connectivity index (χ1n) is 6.21. The second kappa shape index (κ2) is 6.76. The number of alkyl carbamates (subject to hydrolysis) is 1. The van der Waals surface area contributed by atoms with E-state index in [4.69, 9.17) is 16.3 Å². The number of carbonyl (C=O) groups excluding carboxylic acids is 1. The molecule has 2 aromatic rings. The van der Waals surface area contributed by atoms with E-state index < -0.39 is 12.2 Å². The molecular weight excluding hydrogens is 300 g/mol. The number of fused-ring (bicyclic) bond motifs is 1. The highest BCUT2D eigenvalue weighted by Crippen LogP contribution is 2.16. The highest BCUT2D eigenvalue weighted by molar-refractivity contribution is 7.13. The average molecular weight is 315 g/mol. The highest BCUT2D eigenvalue weighted by atomic mass is 35.5. The van der Waals surface area contributed by atoms with Crippen molar-refractivity contribution in [3.63, 3.8) is 0 Å². The Hall–Kier alpha value is -1.53. The van der Waals surface area contributed by atoms with Gasteiger partial charge in [-0.2, -0.15) is 0 Å². The SMILES string of the molecule is CC(Cn1sc2ccccc2c1=O)OC(=O)NCCCl. The summed E-state index contributed by atoms with van der Waals surface area (Å²) >= 11 is 6.83. The Morgan fingerprint density at radius 3 is 2.95 bits per heavy atom. The van der Waals surface area contributed by atoms with E-state index in [9.17, 15) is 9.59 Å². The number of carbonyl (C=O) groups is 1. The molecule has 0 aliphatic rings. The first-order valence-corrected chi connectivity index (χ1v) is 7.52. The first-order chi connectivity index (χ1) is 9.61. The minimum Gasteiger partial charge on any atom is -0.445 e. The molecule has 7 heteroatoms. The summed E-state index contributed by atoms with van der Waals surface area (Å²) in [7, 11) is 0. The van der Waals surface area contributed by atoms with Crippen molar-refractivity contribution in [2.75, 3.05) is 12.4 Å². The molecule has 0 saturated carbocycles. The fourth-order valence-electron chi connectivity index (χ4n) is 1.78. The number of aromatic nitrogens is 1. The molecule has 108 valence electrons. The number of ether oxygens (including phenoxy) is 1. The van der Waals surface area contributed by atoms with Gasteiger partial charge < -0.3 is 10.1 Å². The Morgan fingerprint density at radius 2 is 2.25 bits per heavy atom. The zero-order valence-corrected chi connectivity index (χ0v) is 12.5. The Labute approximate surface area is 125 Å². The number of rotatable bonds is 5. The average Bonchev–Trinajstić information content (AvgIpc) is 2.73. The Morgan fingerprint density at radius 1 is 1.50 bits per heavy atom. The lowest BCUT2D eigenvalue weighted by atomic mass is 10.3. The third kappa shape index (κ3) is 3.52. The van der Waals surface area contributed by atoms with Crippen LogP contribution in [-0.4, -0.2) is 28.6 Å². The van der Waals surface area contributed by atoms with Gasteiger partial charge in [-0.15, -0.1) is 11.6 Å². The summed E-state index contributed by atoms with van der Waals surface area (Å²) in [5.41, 5.74) is -0.0535.